The van der Waals surface area contributed by atoms with Gasteiger partial charge < -0.3 is 4.74 Å². The monoisotopic (exact) mass is 357 g/mol. The zero-order valence-corrected chi connectivity index (χ0v) is 16.7. The molecule has 0 aromatic rings. The highest BCUT2D eigenvalue weighted by Crippen LogP contribution is 2.13. The van der Waals surface area contributed by atoms with Crippen molar-refractivity contribution in [2.75, 3.05) is 26.4 Å². The van der Waals surface area contributed by atoms with E-state index in [1.807, 2.05) is 0 Å². The van der Waals surface area contributed by atoms with E-state index in [9.17, 15) is 0 Å². The molecule has 4 heteroatoms. The van der Waals surface area contributed by atoms with Crippen LogP contribution in [0.15, 0.2) is 0 Å². The van der Waals surface area contributed by atoms with Gasteiger partial charge in [-0.2, -0.15) is 0 Å². The van der Waals surface area contributed by atoms with Gasteiger partial charge in [0.05, 0.1) is 19.8 Å². The van der Waals surface area contributed by atoms with Crippen LogP contribution >= 0.6 is 0 Å². The highest BCUT2D eigenvalue weighted by atomic mass is 17.2. The van der Waals surface area contributed by atoms with Crippen LogP contribution in [0.5, 0.6) is 0 Å². The molecule has 4 nitrogen and oxygen atoms in total. The summed E-state index contributed by atoms with van der Waals surface area (Å²) in [6.45, 7) is 5.23. The molecular weight excluding hydrogens is 314 g/mol. The molecule has 1 aliphatic heterocycles. The lowest BCUT2D eigenvalue weighted by Crippen LogP contribution is -2.22. The molecule has 1 rings (SSSR count). The molecule has 1 saturated heterocycles. The Morgan fingerprint density at radius 3 is 1.60 bits per heavy atom. The molecule has 1 atom stereocenters. The molecule has 0 bridgehead atoms. The lowest BCUT2D eigenvalue weighted by atomic mass is 10.0. The third-order valence-corrected chi connectivity index (χ3v) is 4.81. The van der Waals surface area contributed by atoms with Crippen LogP contribution in [-0.2, 0) is 14.5 Å². The van der Waals surface area contributed by atoms with Crippen molar-refractivity contribution in [2.24, 2.45) is 0 Å². The first-order valence-corrected chi connectivity index (χ1v) is 11.0. The van der Waals surface area contributed by atoms with E-state index < -0.39 is 0 Å². The van der Waals surface area contributed by atoms with E-state index in [-0.39, 0.29) is 6.23 Å². The Morgan fingerprint density at radius 1 is 0.680 bits per heavy atom. The van der Waals surface area contributed by atoms with E-state index in [0.717, 1.165) is 26.2 Å². The standard InChI is InChI=1S/C21H43NO3/c1-2-3-4-5-6-7-8-9-10-11-12-13-14-15-16-18-24-25-19-17-22-21-20-23-21/h21-22H,2-20H2,1H3. The summed E-state index contributed by atoms with van der Waals surface area (Å²) in [7, 11) is 0. The maximum atomic E-state index is 5.17. The molecule has 0 amide bonds. The summed E-state index contributed by atoms with van der Waals surface area (Å²) >= 11 is 0. The first-order valence-electron chi connectivity index (χ1n) is 11.0. The van der Waals surface area contributed by atoms with Crippen LogP contribution < -0.4 is 5.32 Å². The minimum atomic E-state index is 0.263. The number of hydrogen-bond donors (Lipinski definition) is 1. The molecule has 1 N–H and O–H groups in total. The zero-order valence-electron chi connectivity index (χ0n) is 16.7. The highest BCUT2D eigenvalue weighted by Gasteiger charge is 2.20. The van der Waals surface area contributed by atoms with Crippen molar-refractivity contribution >= 4 is 0 Å². The Labute approximate surface area is 156 Å². The van der Waals surface area contributed by atoms with Crippen LogP contribution in [0.2, 0.25) is 0 Å². The topological polar surface area (TPSA) is 43.0 Å². The fourth-order valence-electron chi connectivity index (χ4n) is 3.08. The first-order chi connectivity index (χ1) is 12.4. The minimum absolute atomic E-state index is 0.263. The maximum Gasteiger partial charge on any atom is 0.132 e. The van der Waals surface area contributed by atoms with Crippen molar-refractivity contribution in [3.8, 4) is 0 Å². The van der Waals surface area contributed by atoms with Gasteiger partial charge in [-0.05, 0) is 6.42 Å². The summed E-state index contributed by atoms with van der Waals surface area (Å²) in [5.41, 5.74) is 0. The van der Waals surface area contributed by atoms with Crippen molar-refractivity contribution in [3.63, 3.8) is 0 Å². The molecule has 0 radical (unpaired) electrons. The summed E-state index contributed by atoms with van der Waals surface area (Å²) in [5, 5.41) is 3.19. The summed E-state index contributed by atoms with van der Waals surface area (Å²) in [6, 6.07) is 0. The average Bonchev–Trinajstić information content (AvgIpc) is 3.44. The first kappa shape index (κ1) is 22.9. The maximum absolute atomic E-state index is 5.17. The van der Waals surface area contributed by atoms with E-state index in [1.165, 1.54) is 89.9 Å². The van der Waals surface area contributed by atoms with Gasteiger partial charge in [-0.15, -0.1) is 0 Å². The van der Waals surface area contributed by atoms with Gasteiger partial charge in [-0.25, -0.2) is 9.78 Å². The predicted octanol–water partition coefficient (Wildman–Crippen LogP) is 5.75. The zero-order chi connectivity index (χ0) is 17.8. The van der Waals surface area contributed by atoms with Gasteiger partial charge in [0.25, 0.3) is 0 Å². The number of unbranched alkanes of at least 4 members (excludes halogenated alkanes) is 14. The van der Waals surface area contributed by atoms with Crippen LogP contribution in [0, 0.1) is 0 Å². The molecule has 1 fully saturated rings. The smallest absolute Gasteiger partial charge is 0.132 e. The fourth-order valence-corrected chi connectivity index (χ4v) is 3.08. The largest absolute Gasteiger partial charge is 0.357 e. The summed E-state index contributed by atoms with van der Waals surface area (Å²) < 4.78 is 5.04. The SMILES string of the molecule is CCCCCCCCCCCCCCCCCOOCCNC1CO1. The van der Waals surface area contributed by atoms with Crippen LogP contribution in [0.4, 0.5) is 0 Å². The minimum Gasteiger partial charge on any atom is -0.357 e. The predicted molar refractivity (Wildman–Crippen MR) is 105 cm³/mol. The lowest BCUT2D eigenvalue weighted by Gasteiger charge is -2.05. The Hall–Kier alpha value is -0.160. The molecule has 0 aromatic heterocycles. The molecule has 1 unspecified atom stereocenters. The summed E-state index contributed by atoms with van der Waals surface area (Å²) in [5.74, 6) is 0. The van der Waals surface area contributed by atoms with Gasteiger partial charge in [-0.3, -0.25) is 5.32 Å². The average molecular weight is 358 g/mol. The lowest BCUT2D eigenvalue weighted by molar-refractivity contribution is -0.293. The van der Waals surface area contributed by atoms with E-state index in [2.05, 4.69) is 12.2 Å². The second kappa shape index (κ2) is 18.6. The number of ether oxygens (including phenoxy) is 1. The highest BCUT2D eigenvalue weighted by molar-refractivity contribution is 4.64. The molecule has 25 heavy (non-hydrogen) atoms. The van der Waals surface area contributed by atoms with Crippen molar-refractivity contribution < 1.29 is 14.5 Å². The number of hydrogen-bond acceptors (Lipinski definition) is 4. The second-order valence-corrected chi connectivity index (χ2v) is 7.37. The van der Waals surface area contributed by atoms with Crippen molar-refractivity contribution in [1.82, 2.24) is 5.32 Å². The van der Waals surface area contributed by atoms with Gasteiger partial charge in [0.15, 0.2) is 0 Å². The van der Waals surface area contributed by atoms with Gasteiger partial charge in [0.1, 0.15) is 6.23 Å². The van der Waals surface area contributed by atoms with E-state index >= 15 is 0 Å². The second-order valence-electron chi connectivity index (χ2n) is 7.37. The summed E-state index contributed by atoms with van der Waals surface area (Å²) in [4.78, 5) is 10.3. The summed E-state index contributed by atoms with van der Waals surface area (Å²) in [6.07, 6.45) is 21.1. The molecule has 150 valence electrons. The van der Waals surface area contributed by atoms with Crippen molar-refractivity contribution in [1.29, 1.82) is 0 Å². The Morgan fingerprint density at radius 2 is 1.12 bits per heavy atom. The van der Waals surface area contributed by atoms with Gasteiger partial charge in [0, 0.05) is 6.54 Å². The normalized spacial score (nSPS) is 16.4. The van der Waals surface area contributed by atoms with Gasteiger partial charge in [-0.1, -0.05) is 96.8 Å². The molecule has 1 heterocycles. The Balaban J connectivity index is 1.59. The number of rotatable bonds is 21. The third-order valence-electron chi connectivity index (χ3n) is 4.81. The molecule has 1 aliphatic rings. The van der Waals surface area contributed by atoms with Gasteiger partial charge in [0.2, 0.25) is 0 Å². The van der Waals surface area contributed by atoms with E-state index in [1.54, 1.807) is 0 Å². The van der Waals surface area contributed by atoms with Crippen LogP contribution in [0.1, 0.15) is 103 Å². The Bertz CT molecular complexity index is 260. The fraction of sp³-hybridized carbons (Fsp3) is 1.00. The van der Waals surface area contributed by atoms with E-state index in [0.29, 0.717) is 6.61 Å². The number of epoxide rings is 1. The molecule has 0 saturated carbocycles. The quantitative estimate of drug-likeness (QED) is 0.123. The van der Waals surface area contributed by atoms with Crippen LogP contribution in [0.25, 0.3) is 0 Å². The van der Waals surface area contributed by atoms with Crippen LogP contribution in [-0.4, -0.2) is 32.6 Å². The van der Waals surface area contributed by atoms with E-state index in [4.69, 9.17) is 14.5 Å². The molecular formula is C21H43NO3. The molecule has 0 aliphatic carbocycles. The van der Waals surface area contributed by atoms with Gasteiger partial charge >= 0.3 is 0 Å². The molecule has 0 spiro atoms. The third kappa shape index (κ3) is 18.4. The van der Waals surface area contributed by atoms with Crippen LogP contribution in [0.3, 0.4) is 0 Å². The van der Waals surface area contributed by atoms with Crippen molar-refractivity contribution in [3.05, 3.63) is 0 Å². The Kier molecular flexibility index (Phi) is 17.0. The molecule has 0 aromatic carbocycles. The number of nitrogens with one attached hydrogen (secondary N) is 1. The van der Waals surface area contributed by atoms with Crippen molar-refractivity contribution in [2.45, 2.75) is 109 Å².